The van der Waals surface area contributed by atoms with Gasteiger partial charge in [-0.15, -0.1) is 0 Å². The first kappa shape index (κ1) is 10.2. The molecule has 0 amide bonds. The summed E-state index contributed by atoms with van der Waals surface area (Å²) in [5.74, 6) is -0.611. The lowest BCUT2D eigenvalue weighted by Gasteiger charge is -2.13. The molecule has 0 aromatic carbocycles. The van der Waals surface area contributed by atoms with Gasteiger partial charge in [-0.05, 0) is 26.3 Å². The normalized spacial score (nSPS) is 15.3. The fourth-order valence-electron chi connectivity index (χ4n) is 0.373. The Morgan fingerprint density at radius 3 is 2.27 bits per heavy atom. The van der Waals surface area contributed by atoms with Gasteiger partial charge in [0.1, 0.15) is 12.2 Å². The molecule has 0 saturated heterocycles. The van der Waals surface area contributed by atoms with E-state index >= 15 is 0 Å². The summed E-state index contributed by atoms with van der Waals surface area (Å²) in [4.78, 5) is 10.7. The van der Waals surface area contributed by atoms with E-state index in [1.807, 2.05) is 0 Å². The summed E-state index contributed by atoms with van der Waals surface area (Å²) in [5.41, 5.74) is 0.763. The summed E-state index contributed by atoms with van der Waals surface area (Å²) in [6, 6.07) is 0. The Hall–Kier alpha value is -0.830. The van der Waals surface area contributed by atoms with Crippen LogP contribution in [0.3, 0.4) is 0 Å². The van der Waals surface area contributed by atoms with Crippen LogP contribution in [0.15, 0.2) is 12.2 Å². The van der Waals surface area contributed by atoms with Crippen LogP contribution in [-0.2, 0) is 9.53 Å². The van der Waals surface area contributed by atoms with Crippen LogP contribution in [0.5, 0.6) is 0 Å². The first-order valence-electron chi connectivity index (χ1n) is 3.49. The lowest BCUT2D eigenvalue weighted by Crippen LogP contribution is -2.24. The summed E-state index contributed by atoms with van der Waals surface area (Å²) in [7, 11) is 0. The number of ether oxygens (including phenoxy) is 1. The van der Waals surface area contributed by atoms with Crippen LogP contribution in [0, 0.1) is 0 Å². The van der Waals surface area contributed by atoms with Gasteiger partial charge in [0.05, 0.1) is 0 Å². The van der Waals surface area contributed by atoms with Crippen molar-refractivity contribution < 1.29 is 14.6 Å². The molecule has 11 heavy (non-hydrogen) atoms. The van der Waals surface area contributed by atoms with E-state index in [1.54, 1.807) is 13.8 Å². The van der Waals surface area contributed by atoms with E-state index in [0.717, 1.165) is 5.57 Å². The van der Waals surface area contributed by atoms with Gasteiger partial charge in [-0.25, -0.2) is 4.79 Å². The smallest absolute Gasteiger partial charge is 0.335 e. The van der Waals surface area contributed by atoms with Crippen molar-refractivity contribution in [3.63, 3.8) is 0 Å². The Kier molecular flexibility index (Phi) is 3.82. The van der Waals surface area contributed by atoms with Crippen LogP contribution in [-0.4, -0.2) is 23.3 Å². The van der Waals surface area contributed by atoms with Crippen molar-refractivity contribution in [3.05, 3.63) is 12.2 Å². The molecule has 0 spiro atoms. The molecule has 0 aliphatic rings. The number of carbonyl (C=O) groups excluding carboxylic acids is 1. The largest absolute Gasteiger partial charge is 0.456 e. The van der Waals surface area contributed by atoms with Crippen LogP contribution < -0.4 is 0 Å². The highest BCUT2D eigenvalue weighted by Crippen LogP contribution is 2.03. The van der Waals surface area contributed by atoms with E-state index < -0.39 is 12.1 Å². The number of hydrogen-bond acceptors (Lipinski definition) is 3. The van der Waals surface area contributed by atoms with Gasteiger partial charge >= 0.3 is 5.97 Å². The van der Waals surface area contributed by atoms with Gasteiger partial charge in [0.25, 0.3) is 0 Å². The molecule has 0 fully saturated rings. The predicted octanol–water partition coefficient (Wildman–Crippen LogP) is 0.875. The highest BCUT2D eigenvalue weighted by Gasteiger charge is 2.14. The number of aliphatic hydroxyl groups is 1. The molecule has 0 radical (unpaired) electrons. The van der Waals surface area contributed by atoms with Crippen molar-refractivity contribution in [3.8, 4) is 0 Å². The molecule has 0 aliphatic heterocycles. The Labute approximate surface area is 66.7 Å². The standard InChI is InChI=1S/C8H14O3/c1-5(2)7(4)11-8(10)6(3)9/h6-7,9H,1H2,2-4H3. The average molecular weight is 158 g/mol. The maximum atomic E-state index is 10.7. The quantitative estimate of drug-likeness (QED) is 0.489. The molecule has 1 N–H and O–H groups in total. The van der Waals surface area contributed by atoms with E-state index in [2.05, 4.69) is 6.58 Å². The van der Waals surface area contributed by atoms with Crippen molar-refractivity contribution in [2.45, 2.75) is 33.0 Å². The maximum Gasteiger partial charge on any atom is 0.335 e. The second-order valence-electron chi connectivity index (χ2n) is 2.60. The summed E-state index contributed by atoms with van der Waals surface area (Å²) in [6.45, 7) is 8.45. The minimum Gasteiger partial charge on any atom is -0.456 e. The molecule has 0 saturated carbocycles. The van der Waals surface area contributed by atoms with Gasteiger partial charge in [-0.3, -0.25) is 0 Å². The monoisotopic (exact) mass is 158 g/mol. The third-order valence-electron chi connectivity index (χ3n) is 1.33. The molecule has 0 rings (SSSR count). The molecule has 64 valence electrons. The average Bonchev–Trinajstić information content (AvgIpc) is 1.87. The molecule has 0 aromatic heterocycles. The zero-order valence-electron chi connectivity index (χ0n) is 7.13. The van der Waals surface area contributed by atoms with Gasteiger partial charge in [0, 0.05) is 0 Å². The molecule has 0 bridgehead atoms. The van der Waals surface area contributed by atoms with Gasteiger partial charge in [0.15, 0.2) is 0 Å². The molecule has 0 heterocycles. The fraction of sp³-hybridized carbons (Fsp3) is 0.625. The topological polar surface area (TPSA) is 46.5 Å². The number of hydrogen-bond donors (Lipinski definition) is 1. The van der Waals surface area contributed by atoms with E-state index in [9.17, 15) is 4.79 Å². The van der Waals surface area contributed by atoms with Crippen molar-refractivity contribution in [1.29, 1.82) is 0 Å². The maximum absolute atomic E-state index is 10.7. The number of carbonyl (C=O) groups is 1. The van der Waals surface area contributed by atoms with Crippen molar-refractivity contribution in [2.24, 2.45) is 0 Å². The van der Waals surface area contributed by atoms with Crippen LogP contribution in [0.1, 0.15) is 20.8 Å². The molecule has 0 aliphatic carbocycles. The van der Waals surface area contributed by atoms with E-state index in [1.165, 1.54) is 6.92 Å². The third kappa shape index (κ3) is 3.78. The Morgan fingerprint density at radius 1 is 1.55 bits per heavy atom. The first-order chi connectivity index (χ1) is 4.95. The summed E-state index contributed by atoms with van der Waals surface area (Å²) < 4.78 is 4.78. The number of esters is 1. The zero-order chi connectivity index (χ0) is 9.02. The van der Waals surface area contributed by atoms with Gasteiger partial charge in [0.2, 0.25) is 0 Å². The molecule has 2 atom stereocenters. The number of rotatable bonds is 3. The highest BCUT2D eigenvalue weighted by atomic mass is 16.6. The third-order valence-corrected chi connectivity index (χ3v) is 1.33. The second-order valence-corrected chi connectivity index (χ2v) is 2.60. The van der Waals surface area contributed by atoms with Crippen molar-refractivity contribution in [1.82, 2.24) is 0 Å². The van der Waals surface area contributed by atoms with Crippen LogP contribution >= 0.6 is 0 Å². The van der Waals surface area contributed by atoms with E-state index in [0.29, 0.717) is 0 Å². The zero-order valence-corrected chi connectivity index (χ0v) is 7.13. The van der Waals surface area contributed by atoms with Crippen molar-refractivity contribution >= 4 is 5.97 Å². The molecule has 3 heteroatoms. The second kappa shape index (κ2) is 4.13. The molecular formula is C8H14O3. The number of aliphatic hydroxyl groups excluding tert-OH is 1. The molecule has 3 nitrogen and oxygen atoms in total. The van der Waals surface area contributed by atoms with E-state index in [4.69, 9.17) is 9.84 Å². The van der Waals surface area contributed by atoms with Crippen molar-refractivity contribution in [2.75, 3.05) is 0 Å². The SMILES string of the molecule is C=C(C)C(C)OC(=O)C(C)O. The van der Waals surface area contributed by atoms with Crippen LogP contribution in [0.2, 0.25) is 0 Å². The summed E-state index contributed by atoms with van der Waals surface area (Å²) >= 11 is 0. The van der Waals surface area contributed by atoms with E-state index in [-0.39, 0.29) is 6.10 Å². The summed E-state index contributed by atoms with van der Waals surface area (Å²) in [5, 5.41) is 8.75. The molecular weight excluding hydrogens is 144 g/mol. The Morgan fingerprint density at radius 2 is 2.00 bits per heavy atom. The predicted molar refractivity (Wildman–Crippen MR) is 42.0 cm³/mol. The van der Waals surface area contributed by atoms with Gasteiger partial charge in [-0.1, -0.05) is 6.58 Å². The lowest BCUT2D eigenvalue weighted by atomic mass is 10.2. The van der Waals surface area contributed by atoms with Crippen LogP contribution in [0.4, 0.5) is 0 Å². The summed E-state index contributed by atoms with van der Waals surface area (Å²) in [6.07, 6.45) is -1.38. The van der Waals surface area contributed by atoms with Gasteiger partial charge < -0.3 is 9.84 Å². The Bertz CT molecular complexity index is 161. The van der Waals surface area contributed by atoms with Crippen LogP contribution in [0.25, 0.3) is 0 Å². The molecule has 0 aromatic rings. The minimum atomic E-state index is -1.06. The highest BCUT2D eigenvalue weighted by molar-refractivity contribution is 5.74. The van der Waals surface area contributed by atoms with Gasteiger partial charge in [-0.2, -0.15) is 0 Å². The first-order valence-corrected chi connectivity index (χ1v) is 3.49. The Balaban J connectivity index is 3.85. The fourth-order valence-corrected chi connectivity index (χ4v) is 0.373. The minimum absolute atomic E-state index is 0.322. The lowest BCUT2D eigenvalue weighted by molar-refractivity contribution is -0.155. The molecule has 2 unspecified atom stereocenters.